The fourth-order valence-corrected chi connectivity index (χ4v) is 4.05. The molecule has 1 saturated carbocycles. The van der Waals surface area contributed by atoms with E-state index in [0.29, 0.717) is 12.1 Å². The first kappa shape index (κ1) is 25.8. The van der Waals surface area contributed by atoms with Crippen molar-refractivity contribution in [3.05, 3.63) is 54.5 Å². The van der Waals surface area contributed by atoms with Crippen LogP contribution in [0.3, 0.4) is 0 Å². The number of ether oxygens (including phenoxy) is 1. The molecule has 0 bridgehead atoms. The van der Waals surface area contributed by atoms with Crippen molar-refractivity contribution in [2.45, 2.75) is 63.6 Å². The fourth-order valence-electron chi connectivity index (χ4n) is 4.05. The van der Waals surface area contributed by atoms with Gasteiger partial charge in [0.2, 0.25) is 5.95 Å². The van der Waals surface area contributed by atoms with Crippen LogP contribution in [0.25, 0.3) is 5.69 Å². The summed E-state index contributed by atoms with van der Waals surface area (Å²) >= 11 is 0. The van der Waals surface area contributed by atoms with Crippen molar-refractivity contribution in [1.29, 1.82) is 5.26 Å². The molecule has 4 rings (SSSR count). The van der Waals surface area contributed by atoms with Gasteiger partial charge in [-0.3, -0.25) is 0 Å². The number of amides is 1. The van der Waals surface area contributed by atoms with Crippen LogP contribution in [0, 0.1) is 11.3 Å². The standard InChI is InChI=1S/C25H28F2N8O2/c1-24(2,3)37-23(36)32-19-9-5-10-25(26,27)20(19)33-22-29-15-16(14-28)21(34-22)31-17-7-4-8-18(13-17)35-12-6-11-30-35/h4,6-8,11-13,15,19-20H,5,9-10H2,1-3H3,(H,32,36)(H2,29,31,33,34)/t19-,20-/m0/s1. The van der Waals surface area contributed by atoms with Crippen molar-refractivity contribution < 1.29 is 18.3 Å². The van der Waals surface area contributed by atoms with Crippen LogP contribution in [-0.4, -0.2) is 49.4 Å². The molecule has 194 valence electrons. The smallest absolute Gasteiger partial charge is 0.407 e. The van der Waals surface area contributed by atoms with Crippen molar-refractivity contribution >= 4 is 23.5 Å². The molecule has 3 N–H and O–H groups in total. The van der Waals surface area contributed by atoms with Gasteiger partial charge in [0.25, 0.3) is 5.92 Å². The molecule has 1 amide bonds. The second-order valence-electron chi connectivity index (χ2n) is 9.72. The first-order chi connectivity index (χ1) is 17.5. The first-order valence-corrected chi connectivity index (χ1v) is 11.8. The van der Waals surface area contributed by atoms with Gasteiger partial charge >= 0.3 is 6.09 Å². The molecule has 0 aliphatic heterocycles. The van der Waals surface area contributed by atoms with Gasteiger partial charge in [0.1, 0.15) is 23.3 Å². The Morgan fingerprint density at radius 1 is 1.30 bits per heavy atom. The van der Waals surface area contributed by atoms with Crippen molar-refractivity contribution in [2.75, 3.05) is 10.6 Å². The molecular formula is C25H28F2N8O2. The summed E-state index contributed by atoms with van der Waals surface area (Å²) in [5, 5.41) is 22.1. The third-order valence-electron chi connectivity index (χ3n) is 5.66. The quantitative estimate of drug-likeness (QED) is 0.432. The molecule has 1 aliphatic carbocycles. The number of aromatic nitrogens is 4. The molecular weight excluding hydrogens is 482 g/mol. The minimum absolute atomic E-state index is 0.104. The van der Waals surface area contributed by atoms with E-state index in [4.69, 9.17) is 4.74 Å². The van der Waals surface area contributed by atoms with E-state index in [1.54, 1.807) is 62.1 Å². The van der Waals surface area contributed by atoms with E-state index < -0.39 is 29.7 Å². The maximum atomic E-state index is 15.0. The van der Waals surface area contributed by atoms with Gasteiger partial charge in [0, 0.05) is 24.5 Å². The highest BCUT2D eigenvalue weighted by Gasteiger charge is 2.48. The first-order valence-electron chi connectivity index (χ1n) is 11.8. The number of benzene rings is 1. The van der Waals surface area contributed by atoms with Crippen LogP contribution in [0.15, 0.2) is 48.9 Å². The molecule has 3 aromatic rings. The summed E-state index contributed by atoms with van der Waals surface area (Å²) in [5.41, 5.74) is 0.754. The lowest BCUT2D eigenvalue weighted by atomic mass is 9.87. The Kier molecular flexibility index (Phi) is 7.24. The second kappa shape index (κ2) is 10.4. The number of hydrogen-bond acceptors (Lipinski definition) is 8. The lowest BCUT2D eigenvalue weighted by molar-refractivity contribution is -0.0564. The number of halogens is 2. The van der Waals surface area contributed by atoms with E-state index in [9.17, 15) is 18.8 Å². The number of anilines is 3. The normalized spacial score (nSPS) is 18.9. The van der Waals surface area contributed by atoms with E-state index >= 15 is 0 Å². The molecule has 0 radical (unpaired) electrons. The molecule has 1 aliphatic rings. The number of rotatable bonds is 6. The molecule has 0 unspecified atom stereocenters. The predicted octanol–water partition coefficient (Wildman–Crippen LogP) is 4.77. The molecule has 10 nitrogen and oxygen atoms in total. The number of alkyl halides is 2. The SMILES string of the molecule is CC(C)(C)OC(=O)N[C@H]1CCCC(F)(F)[C@H]1Nc1ncc(C#N)c(Nc2cccc(-n3cccn3)c2)n1. The lowest BCUT2D eigenvalue weighted by Crippen LogP contribution is -2.58. The summed E-state index contributed by atoms with van der Waals surface area (Å²) in [6, 6.07) is 8.66. The van der Waals surface area contributed by atoms with Gasteiger partial charge in [0.15, 0.2) is 5.82 Å². The maximum Gasteiger partial charge on any atom is 0.407 e. The zero-order valence-electron chi connectivity index (χ0n) is 20.7. The van der Waals surface area contributed by atoms with Crippen LogP contribution >= 0.6 is 0 Å². The van der Waals surface area contributed by atoms with Gasteiger partial charge in [-0.15, -0.1) is 0 Å². The fraction of sp³-hybridized carbons (Fsp3) is 0.400. The predicted molar refractivity (Wildman–Crippen MR) is 133 cm³/mol. The average Bonchev–Trinajstić information content (AvgIpc) is 3.35. The molecule has 12 heteroatoms. The Morgan fingerprint density at radius 2 is 2.11 bits per heavy atom. The zero-order valence-corrected chi connectivity index (χ0v) is 20.7. The van der Waals surface area contributed by atoms with Gasteiger partial charge in [-0.25, -0.2) is 23.2 Å². The topological polar surface area (TPSA) is 130 Å². The van der Waals surface area contributed by atoms with Crippen LogP contribution in [0.4, 0.5) is 31.0 Å². The van der Waals surface area contributed by atoms with Crippen molar-refractivity contribution in [2.24, 2.45) is 0 Å². The number of alkyl carbamates (subject to hydrolysis) is 1. The molecule has 2 atom stereocenters. The number of nitrogens with one attached hydrogen (secondary N) is 3. The van der Waals surface area contributed by atoms with E-state index in [-0.39, 0.29) is 30.2 Å². The molecule has 1 fully saturated rings. The van der Waals surface area contributed by atoms with Crippen molar-refractivity contribution in [3.8, 4) is 11.8 Å². The Balaban J connectivity index is 1.56. The lowest BCUT2D eigenvalue weighted by Gasteiger charge is -2.38. The van der Waals surface area contributed by atoms with E-state index in [2.05, 4.69) is 31.0 Å². The minimum atomic E-state index is -3.14. The third-order valence-corrected chi connectivity index (χ3v) is 5.66. The summed E-state index contributed by atoms with van der Waals surface area (Å²) < 4.78 is 36.9. The Bertz CT molecular complexity index is 1280. The minimum Gasteiger partial charge on any atom is -0.444 e. The van der Waals surface area contributed by atoms with E-state index in [0.717, 1.165) is 5.69 Å². The molecule has 2 aromatic heterocycles. The van der Waals surface area contributed by atoms with E-state index in [1.807, 2.05) is 12.1 Å². The van der Waals surface area contributed by atoms with Crippen LogP contribution in [0.5, 0.6) is 0 Å². The molecule has 2 heterocycles. The van der Waals surface area contributed by atoms with Crippen LogP contribution in [0.2, 0.25) is 0 Å². The van der Waals surface area contributed by atoms with Crippen molar-refractivity contribution in [1.82, 2.24) is 25.1 Å². The molecule has 37 heavy (non-hydrogen) atoms. The Hall–Kier alpha value is -4.27. The number of carbonyl (C=O) groups is 1. The number of hydrogen-bond donors (Lipinski definition) is 3. The van der Waals surface area contributed by atoms with Crippen LogP contribution < -0.4 is 16.0 Å². The van der Waals surface area contributed by atoms with E-state index in [1.165, 1.54) is 6.20 Å². The molecule has 0 spiro atoms. The highest BCUT2D eigenvalue weighted by atomic mass is 19.3. The highest BCUT2D eigenvalue weighted by Crippen LogP contribution is 2.35. The van der Waals surface area contributed by atoms with Gasteiger partial charge in [-0.05, 0) is 57.9 Å². The maximum absolute atomic E-state index is 15.0. The van der Waals surface area contributed by atoms with Crippen LogP contribution in [0.1, 0.15) is 45.6 Å². The third kappa shape index (κ3) is 6.49. The average molecular weight is 511 g/mol. The summed E-state index contributed by atoms with van der Waals surface area (Å²) in [6.45, 7) is 5.09. The van der Waals surface area contributed by atoms with Gasteiger partial charge < -0.3 is 20.7 Å². The summed E-state index contributed by atoms with van der Waals surface area (Å²) in [4.78, 5) is 20.7. The Labute approximate surface area is 213 Å². The zero-order chi connectivity index (χ0) is 26.6. The molecule has 1 aromatic carbocycles. The van der Waals surface area contributed by atoms with Gasteiger partial charge in [0.05, 0.1) is 17.9 Å². The number of nitriles is 1. The Morgan fingerprint density at radius 3 is 2.81 bits per heavy atom. The van der Waals surface area contributed by atoms with Crippen LogP contribution in [-0.2, 0) is 4.74 Å². The summed E-state index contributed by atoms with van der Waals surface area (Å²) in [5.74, 6) is -3.10. The monoisotopic (exact) mass is 510 g/mol. The van der Waals surface area contributed by atoms with Gasteiger partial charge in [-0.1, -0.05) is 6.07 Å². The summed E-state index contributed by atoms with van der Waals surface area (Å²) in [7, 11) is 0. The largest absolute Gasteiger partial charge is 0.444 e. The van der Waals surface area contributed by atoms with Gasteiger partial charge in [-0.2, -0.15) is 15.3 Å². The summed E-state index contributed by atoms with van der Waals surface area (Å²) in [6.07, 6.45) is 4.14. The second-order valence-corrected chi connectivity index (χ2v) is 9.72. The number of nitrogens with zero attached hydrogens (tertiary/aromatic N) is 5. The number of carbonyl (C=O) groups excluding carboxylic acids is 1. The van der Waals surface area contributed by atoms with Crippen molar-refractivity contribution in [3.63, 3.8) is 0 Å². The molecule has 0 saturated heterocycles. The highest BCUT2D eigenvalue weighted by molar-refractivity contribution is 5.68.